The first-order valence-electron chi connectivity index (χ1n) is 9.32. The van der Waals surface area contributed by atoms with Gasteiger partial charge in [0.25, 0.3) is 0 Å². The molecule has 9 heteroatoms. The molecule has 8 nitrogen and oxygen atoms in total. The van der Waals surface area contributed by atoms with E-state index in [2.05, 4.69) is 17.9 Å². The largest absolute Gasteiger partial charge is 0.497 e. The van der Waals surface area contributed by atoms with Gasteiger partial charge in [0.2, 0.25) is 0 Å². The molecular weight excluding hydrogens is 394 g/mol. The van der Waals surface area contributed by atoms with E-state index in [4.69, 9.17) is 4.74 Å². The van der Waals surface area contributed by atoms with E-state index in [9.17, 15) is 18.5 Å². The summed E-state index contributed by atoms with van der Waals surface area (Å²) < 4.78 is 29.3. The first-order chi connectivity index (χ1) is 13.7. The number of para-hydroxylation sites is 1. The normalized spacial score (nSPS) is 16.4. The molecule has 2 aromatic carbocycles. The molecule has 0 aliphatic carbocycles. The van der Waals surface area contributed by atoms with Crippen LogP contribution < -0.4 is 9.64 Å². The molecule has 156 valence electrons. The topological polar surface area (TPSA) is 93.0 Å². The van der Waals surface area contributed by atoms with Gasteiger partial charge in [-0.3, -0.25) is 15.0 Å². The van der Waals surface area contributed by atoms with Gasteiger partial charge in [0, 0.05) is 38.5 Å². The fraction of sp³-hybridized carbons (Fsp3) is 0.400. The van der Waals surface area contributed by atoms with Crippen LogP contribution in [0.5, 0.6) is 5.75 Å². The summed E-state index contributed by atoms with van der Waals surface area (Å²) >= 11 is 0. The molecule has 1 heterocycles. The third kappa shape index (κ3) is 4.51. The van der Waals surface area contributed by atoms with Gasteiger partial charge in [-0.15, -0.1) is 0 Å². The Kier molecular flexibility index (Phi) is 6.09. The van der Waals surface area contributed by atoms with Crippen LogP contribution in [0.2, 0.25) is 0 Å². The third-order valence-corrected chi connectivity index (χ3v) is 6.47. The number of nitro benzene ring substituents is 1. The van der Waals surface area contributed by atoms with Gasteiger partial charge in [-0.1, -0.05) is 18.2 Å². The van der Waals surface area contributed by atoms with Crippen LogP contribution in [0.1, 0.15) is 18.5 Å². The van der Waals surface area contributed by atoms with Crippen molar-refractivity contribution in [1.29, 1.82) is 0 Å². The molecule has 0 saturated carbocycles. The Balaban J connectivity index is 1.80. The second-order valence-electron chi connectivity index (χ2n) is 7.13. The highest BCUT2D eigenvalue weighted by atomic mass is 32.2. The Labute approximate surface area is 170 Å². The van der Waals surface area contributed by atoms with Gasteiger partial charge in [-0.2, -0.15) is 0 Å². The number of ether oxygens (including phenoxy) is 1. The second kappa shape index (κ2) is 8.38. The van der Waals surface area contributed by atoms with Crippen molar-refractivity contribution in [1.82, 2.24) is 4.90 Å². The summed E-state index contributed by atoms with van der Waals surface area (Å²) in [6.07, 6.45) is 0.993. The first kappa shape index (κ1) is 21.1. The van der Waals surface area contributed by atoms with Crippen LogP contribution in [0.15, 0.2) is 47.4 Å². The molecule has 2 aromatic rings. The van der Waals surface area contributed by atoms with E-state index in [-0.39, 0.29) is 16.6 Å². The highest BCUT2D eigenvalue weighted by Gasteiger charge is 2.31. The molecule has 0 N–H and O–H groups in total. The SMILES string of the molecule is COc1cccc(C(C)N2CCN(c3cccc(S(C)(=O)=O)c3[N+](=O)[O-])CC2)c1. The van der Waals surface area contributed by atoms with Gasteiger partial charge in [-0.25, -0.2) is 8.42 Å². The van der Waals surface area contributed by atoms with Crippen LogP contribution in [-0.2, 0) is 9.84 Å². The van der Waals surface area contributed by atoms with Crippen molar-refractivity contribution >= 4 is 21.2 Å². The van der Waals surface area contributed by atoms with Crippen molar-refractivity contribution in [2.24, 2.45) is 0 Å². The number of hydrogen-bond acceptors (Lipinski definition) is 7. The quantitative estimate of drug-likeness (QED) is 0.525. The van der Waals surface area contributed by atoms with E-state index in [1.165, 1.54) is 6.07 Å². The molecule has 1 atom stereocenters. The summed E-state index contributed by atoms with van der Waals surface area (Å²) in [5, 5.41) is 11.6. The van der Waals surface area contributed by atoms with E-state index in [0.29, 0.717) is 31.9 Å². The van der Waals surface area contributed by atoms with Gasteiger partial charge in [0.1, 0.15) is 16.3 Å². The van der Waals surface area contributed by atoms with Crippen LogP contribution in [-0.4, -0.2) is 57.8 Å². The highest BCUT2D eigenvalue weighted by Crippen LogP contribution is 2.35. The molecule has 0 amide bonds. The molecule has 0 bridgehead atoms. The molecule has 1 aliphatic rings. The minimum Gasteiger partial charge on any atom is -0.497 e. The van der Waals surface area contributed by atoms with Crippen LogP contribution in [0.4, 0.5) is 11.4 Å². The zero-order chi connectivity index (χ0) is 21.2. The Morgan fingerprint density at radius 2 is 1.76 bits per heavy atom. The van der Waals surface area contributed by atoms with Gasteiger partial charge < -0.3 is 9.64 Å². The van der Waals surface area contributed by atoms with Crippen molar-refractivity contribution in [2.45, 2.75) is 17.9 Å². The van der Waals surface area contributed by atoms with Crippen LogP contribution in [0.3, 0.4) is 0 Å². The number of rotatable bonds is 6. The van der Waals surface area contributed by atoms with Crippen LogP contribution >= 0.6 is 0 Å². The molecule has 0 radical (unpaired) electrons. The van der Waals surface area contributed by atoms with E-state index >= 15 is 0 Å². The molecule has 29 heavy (non-hydrogen) atoms. The van der Waals surface area contributed by atoms with Crippen molar-refractivity contribution < 1.29 is 18.1 Å². The van der Waals surface area contributed by atoms with Gasteiger partial charge in [-0.05, 0) is 36.8 Å². The molecule has 1 aliphatic heterocycles. The fourth-order valence-electron chi connectivity index (χ4n) is 3.71. The molecule has 1 saturated heterocycles. The van der Waals surface area contributed by atoms with Crippen molar-refractivity contribution in [3.8, 4) is 5.75 Å². The highest BCUT2D eigenvalue weighted by molar-refractivity contribution is 7.90. The molecule has 1 fully saturated rings. The maximum Gasteiger partial charge on any atom is 0.311 e. The summed E-state index contributed by atoms with van der Waals surface area (Å²) in [6, 6.07) is 12.6. The van der Waals surface area contributed by atoms with Crippen LogP contribution in [0.25, 0.3) is 0 Å². The second-order valence-corrected chi connectivity index (χ2v) is 9.11. The number of benzene rings is 2. The predicted molar refractivity (Wildman–Crippen MR) is 111 cm³/mol. The lowest BCUT2D eigenvalue weighted by Gasteiger charge is -2.39. The third-order valence-electron chi connectivity index (χ3n) is 5.34. The number of hydrogen-bond donors (Lipinski definition) is 0. The van der Waals surface area contributed by atoms with Gasteiger partial charge in [0.05, 0.1) is 12.0 Å². The summed E-state index contributed by atoms with van der Waals surface area (Å²) in [7, 11) is -2.06. The molecular formula is C20H25N3O5S. The van der Waals surface area contributed by atoms with Crippen molar-refractivity contribution in [3.05, 3.63) is 58.1 Å². The average Bonchev–Trinajstić information content (AvgIpc) is 2.72. The summed E-state index contributed by atoms with van der Waals surface area (Å²) in [4.78, 5) is 15.0. The number of nitro groups is 1. The van der Waals surface area contributed by atoms with E-state index in [1.54, 1.807) is 19.2 Å². The molecule has 1 unspecified atom stereocenters. The van der Waals surface area contributed by atoms with Gasteiger partial charge in [0.15, 0.2) is 9.84 Å². The zero-order valence-corrected chi connectivity index (χ0v) is 17.6. The standard InChI is InChI=1S/C20H25N3O5S/c1-15(16-6-4-7-17(14-16)28-2)21-10-12-22(13-11-21)18-8-5-9-19(29(3,26)27)20(18)23(24)25/h4-9,14-15H,10-13H2,1-3H3. The molecule has 0 aromatic heterocycles. The lowest BCUT2D eigenvalue weighted by Crippen LogP contribution is -2.47. The van der Waals surface area contributed by atoms with E-state index in [1.807, 2.05) is 23.1 Å². The smallest absolute Gasteiger partial charge is 0.311 e. The maximum atomic E-state index is 12.0. The Morgan fingerprint density at radius 1 is 1.10 bits per heavy atom. The maximum absolute atomic E-state index is 12.0. The fourth-order valence-corrected chi connectivity index (χ4v) is 4.57. The van der Waals surface area contributed by atoms with Gasteiger partial charge >= 0.3 is 5.69 Å². The lowest BCUT2D eigenvalue weighted by molar-refractivity contribution is -0.387. The van der Waals surface area contributed by atoms with Crippen LogP contribution in [0, 0.1) is 10.1 Å². The number of piperazine rings is 1. The summed E-state index contributed by atoms with van der Waals surface area (Å²) in [5.41, 5.74) is 1.15. The predicted octanol–water partition coefficient (Wildman–Crippen LogP) is 2.89. The number of sulfone groups is 1. The van der Waals surface area contributed by atoms with E-state index in [0.717, 1.165) is 17.6 Å². The first-order valence-corrected chi connectivity index (χ1v) is 11.2. The minimum absolute atomic E-state index is 0.171. The lowest BCUT2D eigenvalue weighted by atomic mass is 10.1. The Bertz CT molecular complexity index is 1000. The molecule has 0 spiro atoms. The summed E-state index contributed by atoms with van der Waals surface area (Å²) in [6.45, 7) is 4.68. The van der Waals surface area contributed by atoms with Crippen molar-refractivity contribution in [2.75, 3.05) is 44.4 Å². The Hall–Kier alpha value is -2.65. The summed E-state index contributed by atoms with van der Waals surface area (Å²) in [5.74, 6) is 0.807. The zero-order valence-electron chi connectivity index (χ0n) is 16.7. The Morgan fingerprint density at radius 3 is 2.34 bits per heavy atom. The monoisotopic (exact) mass is 419 g/mol. The van der Waals surface area contributed by atoms with Crippen molar-refractivity contribution in [3.63, 3.8) is 0 Å². The number of methoxy groups -OCH3 is 1. The van der Waals surface area contributed by atoms with E-state index < -0.39 is 14.8 Å². The average molecular weight is 420 g/mol. The number of anilines is 1. The minimum atomic E-state index is -3.70. The number of nitrogens with zero attached hydrogens (tertiary/aromatic N) is 3. The molecule has 3 rings (SSSR count).